The lowest BCUT2D eigenvalue weighted by Crippen LogP contribution is -2.34. The van der Waals surface area contributed by atoms with Gasteiger partial charge < -0.3 is 14.7 Å². The molecular formula is C27H27ClFNO3. The lowest BCUT2D eigenvalue weighted by atomic mass is 9.91. The van der Waals surface area contributed by atoms with Crippen LogP contribution in [0.15, 0.2) is 66.7 Å². The van der Waals surface area contributed by atoms with Crippen LogP contribution in [0.3, 0.4) is 0 Å². The summed E-state index contributed by atoms with van der Waals surface area (Å²) in [7, 11) is 0. The average molecular weight is 468 g/mol. The molecule has 0 aliphatic carbocycles. The molecule has 1 N–H and O–H groups in total. The highest BCUT2D eigenvalue weighted by atomic mass is 35.5. The Balaban J connectivity index is 1.43. The highest BCUT2D eigenvalue weighted by molar-refractivity contribution is 6.30. The van der Waals surface area contributed by atoms with E-state index >= 15 is 0 Å². The van der Waals surface area contributed by atoms with E-state index in [1.54, 1.807) is 11.0 Å². The van der Waals surface area contributed by atoms with Gasteiger partial charge in [-0.3, -0.25) is 4.79 Å². The predicted octanol–water partition coefficient (Wildman–Crippen LogP) is 4.98. The van der Waals surface area contributed by atoms with Crippen LogP contribution in [-0.4, -0.2) is 34.7 Å². The zero-order valence-corrected chi connectivity index (χ0v) is 19.3. The third-order valence-electron chi connectivity index (χ3n) is 5.90. The second-order valence-electron chi connectivity index (χ2n) is 8.80. The number of hydrogen-bond donors (Lipinski definition) is 1. The molecule has 4 nitrogen and oxygen atoms in total. The average Bonchev–Trinajstić information content (AvgIpc) is 3.11. The molecule has 33 heavy (non-hydrogen) atoms. The Kier molecular flexibility index (Phi) is 7.01. The molecule has 172 valence electrons. The smallest absolute Gasteiger partial charge is 0.227 e. The van der Waals surface area contributed by atoms with Crippen LogP contribution in [0.1, 0.15) is 29.2 Å². The number of aliphatic hydroxyl groups excluding tert-OH is 1. The number of ether oxygens (including phenoxy) is 1. The maximum Gasteiger partial charge on any atom is 0.227 e. The van der Waals surface area contributed by atoms with E-state index in [9.17, 15) is 14.3 Å². The van der Waals surface area contributed by atoms with Gasteiger partial charge in [0.1, 0.15) is 17.2 Å². The number of nitrogens with zero attached hydrogens (tertiary/aromatic N) is 1. The van der Waals surface area contributed by atoms with Gasteiger partial charge in [0.05, 0.1) is 18.1 Å². The van der Waals surface area contributed by atoms with Gasteiger partial charge in [0.15, 0.2) is 0 Å². The first-order valence-corrected chi connectivity index (χ1v) is 11.4. The van der Waals surface area contributed by atoms with Crippen LogP contribution in [0.4, 0.5) is 4.39 Å². The monoisotopic (exact) mass is 467 g/mol. The Bertz CT molecular complexity index is 1140. The van der Waals surface area contributed by atoms with Gasteiger partial charge in [0.2, 0.25) is 5.91 Å². The lowest BCUT2D eigenvalue weighted by Gasteiger charge is -2.24. The van der Waals surface area contributed by atoms with E-state index in [1.807, 2.05) is 61.5 Å². The molecule has 1 atom stereocenters. The van der Waals surface area contributed by atoms with Gasteiger partial charge in [-0.25, -0.2) is 4.39 Å². The molecule has 0 spiro atoms. The number of fused-ring (bicyclic) bond motifs is 1. The van der Waals surface area contributed by atoms with Crippen molar-refractivity contribution in [3.8, 4) is 5.75 Å². The number of carbonyl (C=O) groups excluding carboxylic acids is 1. The van der Waals surface area contributed by atoms with E-state index in [2.05, 4.69) is 0 Å². The normalized spacial score (nSPS) is 16.8. The first kappa shape index (κ1) is 23.3. The van der Waals surface area contributed by atoms with Crippen molar-refractivity contribution in [2.24, 2.45) is 0 Å². The Morgan fingerprint density at radius 3 is 2.58 bits per heavy atom. The van der Waals surface area contributed by atoms with Crippen molar-refractivity contribution in [1.29, 1.82) is 0 Å². The number of aliphatic hydroxyl groups is 1. The van der Waals surface area contributed by atoms with E-state index in [4.69, 9.17) is 16.3 Å². The molecule has 4 rings (SSSR count). The second-order valence-corrected chi connectivity index (χ2v) is 9.20. The largest absolute Gasteiger partial charge is 0.487 e. The van der Waals surface area contributed by atoms with Crippen molar-refractivity contribution < 1.29 is 19.0 Å². The number of amides is 1. The summed E-state index contributed by atoms with van der Waals surface area (Å²) in [5.41, 5.74) is 3.29. The summed E-state index contributed by atoms with van der Waals surface area (Å²) in [5.74, 6) is 0.322. The lowest BCUT2D eigenvalue weighted by molar-refractivity contribution is -0.131. The topological polar surface area (TPSA) is 49.8 Å². The molecule has 1 amide bonds. The second kappa shape index (κ2) is 9.94. The highest BCUT2D eigenvalue weighted by Crippen LogP contribution is 2.38. The van der Waals surface area contributed by atoms with Gasteiger partial charge in [-0.1, -0.05) is 60.1 Å². The molecule has 6 heteroatoms. The van der Waals surface area contributed by atoms with E-state index in [-0.39, 0.29) is 30.5 Å². The van der Waals surface area contributed by atoms with Crippen molar-refractivity contribution in [3.05, 3.63) is 99.8 Å². The van der Waals surface area contributed by atoms with Gasteiger partial charge in [-0.05, 0) is 47.4 Å². The molecule has 0 saturated heterocycles. The minimum atomic E-state index is -0.499. The molecule has 3 aromatic carbocycles. The summed E-state index contributed by atoms with van der Waals surface area (Å²) in [5, 5.41) is 9.53. The zero-order valence-electron chi connectivity index (χ0n) is 18.6. The van der Waals surface area contributed by atoms with E-state index in [0.29, 0.717) is 19.4 Å². The fraction of sp³-hybridized carbons (Fsp3) is 0.296. The van der Waals surface area contributed by atoms with Gasteiger partial charge in [-0.2, -0.15) is 0 Å². The van der Waals surface area contributed by atoms with Crippen molar-refractivity contribution in [2.45, 2.75) is 38.3 Å². The molecular weight excluding hydrogens is 441 g/mol. The van der Waals surface area contributed by atoms with Crippen LogP contribution in [0, 0.1) is 5.82 Å². The van der Waals surface area contributed by atoms with E-state index in [1.165, 1.54) is 6.07 Å². The molecule has 0 aromatic heterocycles. The number of halogens is 2. The Labute approximate surface area is 198 Å². The van der Waals surface area contributed by atoms with Gasteiger partial charge in [0.25, 0.3) is 0 Å². The molecule has 0 saturated carbocycles. The van der Waals surface area contributed by atoms with Gasteiger partial charge in [0, 0.05) is 25.9 Å². The number of benzene rings is 3. The predicted molar refractivity (Wildman–Crippen MR) is 127 cm³/mol. The Hall–Kier alpha value is -2.89. The first-order chi connectivity index (χ1) is 15.8. The van der Waals surface area contributed by atoms with Crippen LogP contribution in [-0.2, 0) is 30.6 Å². The first-order valence-electron chi connectivity index (χ1n) is 11.0. The number of rotatable bonds is 8. The summed E-state index contributed by atoms with van der Waals surface area (Å²) in [6.45, 7) is 2.68. The molecule has 3 aromatic rings. The molecule has 1 heterocycles. The van der Waals surface area contributed by atoms with Gasteiger partial charge in [-0.15, -0.1) is 0 Å². The zero-order chi connectivity index (χ0) is 23.4. The maximum absolute atomic E-state index is 13.8. The summed E-state index contributed by atoms with van der Waals surface area (Å²) in [4.78, 5) is 14.7. The number of carbonyl (C=O) groups is 1. The summed E-state index contributed by atoms with van der Waals surface area (Å²) in [6.07, 6.45) is 1.46. The quantitative estimate of drug-likeness (QED) is 0.508. The summed E-state index contributed by atoms with van der Waals surface area (Å²) >= 11 is 5.80. The standard InChI is InChI=1S/C27H27ClFNO3/c1-27(16-21-7-9-23(28)24(29)14-21)17-22-13-20(8-10-25(22)33-27)15-26(32)30(11-12-31)18-19-5-3-2-4-6-19/h2-10,13-14,31H,11-12,15-18H2,1H3. The van der Waals surface area contributed by atoms with Crippen molar-refractivity contribution in [2.75, 3.05) is 13.2 Å². The molecule has 0 bridgehead atoms. The van der Waals surface area contributed by atoms with Crippen LogP contribution >= 0.6 is 11.6 Å². The Morgan fingerprint density at radius 1 is 1.09 bits per heavy atom. The van der Waals surface area contributed by atoms with Crippen LogP contribution in [0.2, 0.25) is 5.02 Å². The third kappa shape index (κ3) is 5.73. The molecule has 0 fully saturated rings. The maximum atomic E-state index is 13.8. The molecule has 0 radical (unpaired) electrons. The van der Waals surface area contributed by atoms with E-state index < -0.39 is 11.4 Å². The highest BCUT2D eigenvalue weighted by Gasteiger charge is 2.35. The minimum absolute atomic E-state index is 0.0360. The van der Waals surface area contributed by atoms with Crippen molar-refractivity contribution >= 4 is 17.5 Å². The fourth-order valence-electron chi connectivity index (χ4n) is 4.37. The van der Waals surface area contributed by atoms with Crippen LogP contribution < -0.4 is 4.74 Å². The molecule has 1 aliphatic rings. The summed E-state index contributed by atoms with van der Waals surface area (Å²) in [6, 6.07) is 20.4. The van der Waals surface area contributed by atoms with Gasteiger partial charge >= 0.3 is 0 Å². The number of hydrogen-bond acceptors (Lipinski definition) is 3. The van der Waals surface area contributed by atoms with Crippen LogP contribution in [0.25, 0.3) is 0 Å². The van der Waals surface area contributed by atoms with Crippen molar-refractivity contribution in [1.82, 2.24) is 4.90 Å². The summed E-state index contributed by atoms with van der Waals surface area (Å²) < 4.78 is 20.1. The van der Waals surface area contributed by atoms with Crippen LogP contribution in [0.5, 0.6) is 5.75 Å². The van der Waals surface area contributed by atoms with E-state index in [0.717, 1.165) is 28.0 Å². The molecule has 1 unspecified atom stereocenters. The third-order valence-corrected chi connectivity index (χ3v) is 6.21. The SMILES string of the molecule is CC1(Cc2ccc(Cl)c(F)c2)Cc2cc(CC(=O)N(CCO)Cc3ccccc3)ccc2O1. The molecule has 1 aliphatic heterocycles. The Morgan fingerprint density at radius 2 is 1.85 bits per heavy atom. The van der Waals surface area contributed by atoms with Crippen molar-refractivity contribution in [3.63, 3.8) is 0 Å². The fourth-order valence-corrected chi connectivity index (χ4v) is 4.49. The minimum Gasteiger partial charge on any atom is -0.487 e.